The lowest BCUT2D eigenvalue weighted by Gasteiger charge is -2.11. The first-order valence-corrected chi connectivity index (χ1v) is 5.23. The van der Waals surface area contributed by atoms with Gasteiger partial charge in [-0.1, -0.05) is 0 Å². The van der Waals surface area contributed by atoms with E-state index in [1.54, 1.807) is 12.4 Å². The first kappa shape index (κ1) is 11.3. The van der Waals surface area contributed by atoms with Crippen molar-refractivity contribution in [3.05, 3.63) is 48.5 Å². The van der Waals surface area contributed by atoms with Crippen molar-refractivity contribution in [3.63, 3.8) is 0 Å². The average molecular weight is 231 g/mol. The van der Waals surface area contributed by atoms with E-state index < -0.39 is 12.0 Å². The number of pyridine rings is 1. The van der Waals surface area contributed by atoms with Crippen LogP contribution in [0.2, 0.25) is 0 Å². The molecule has 0 saturated heterocycles. The standard InChI is InChI=1S/C12H13N3O2/c13-11(12(16)17)8-10-2-1-7-15(10)9-3-5-14-6-4-9/h1-7,11H,8,13H2,(H,16,17). The topological polar surface area (TPSA) is 81.1 Å². The SMILES string of the molecule is NC(Cc1cccn1-c1ccncc1)C(=O)O. The maximum absolute atomic E-state index is 10.7. The zero-order valence-electron chi connectivity index (χ0n) is 9.15. The van der Waals surface area contributed by atoms with Crippen molar-refractivity contribution in [1.82, 2.24) is 9.55 Å². The minimum Gasteiger partial charge on any atom is -0.480 e. The number of aliphatic carboxylic acids is 1. The Balaban J connectivity index is 2.26. The molecule has 17 heavy (non-hydrogen) atoms. The van der Waals surface area contributed by atoms with Crippen molar-refractivity contribution < 1.29 is 9.90 Å². The van der Waals surface area contributed by atoms with Crippen LogP contribution >= 0.6 is 0 Å². The number of nitrogens with zero attached hydrogens (tertiary/aromatic N) is 2. The van der Waals surface area contributed by atoms with E-state index in [1.807, 2.05) is 35.0 Å². The normalized spacial score (nSPS) is 12.3. The monoisotopic (exact) mass is 231 g/mol. The fraction of sp³-hybridized carbons (Fsp3) is 0.167. The van der Waals surface area contributed by atoms with Crippen molar-refractivity contribution in [2.24, 2.45) is 5.73 Å². The van der Waals surface area contributed by atoms with Gasteiger partial charge in [0.1, 0.15) is 6.04 Å². The lowest BCUT2D eigenvalue weighted by molar-refractivity contribution is -0.138. The van der Waals surface area contributed by atoms with Gasteiger partial charge in [0.25, 0.3) is 0 Å². The predicted octanol–water partition coefficient (Wildman–Crippen LogP) is 0.827. The summed E-state index contributed by atoms with van der Waals surface area (Å²) in [7, 11) is 0. The van der Waals surface area contributed by atoms with Gasteiger partial charge < -0.3 is 15.4 Å². The molecule has 0 radical (unpaired) electrons. The molecule has 0 amide bonds. The molecule has 0 bridgehead atoms. The third-order valence-corrected chi connectivity index (χ3v) is 2.52. The molecule has 0 aromatic carbocycles. The van der Waals surface area contributed by atoms with Crippen LogP contribution in [0, 0.1) is 0 Å². The van der Waals surface area contributed by atoms with Gasteiger partial charge >= 0.3 is 5.97 Å². The molecule has 0 aliphatic carbocycles. The minimum atomic E-state index is -0.993. The van der Waals surface area contributed by atoms with Crippen LogP contribution in [0.25, 0.3) is 5.69 Å². The number of carboxylic acids is 1. The highest BCUT2D eigenvalue weighted by Gasteiger charge is 2.14. The number of nitrogens with two attached hydrogens (primary N) is 1. The summed E-state index contributed by atoms with van der Waals surface area (Å²) in [6, 6.07) is 6.56. The Morgan fingerprint density at radius 1 is 1.41 bits per heavy atom. The highest BCUT2D eigenvalue weighted by atomic mass is 16.4. The van der Waals surface area contributed by atoms with Gasteiger partial charge in [0.2, 0.25) is 0 Å². The third-order valence-electron chi connectivity index (χ3n) is 2.52. The largest absolute Gasteiger partial charge is 0.480 e. The molecule has 2 rings (SSSR count). The fourth-order valence-corrected chi connectivity index (χ4v) is 1.65. The summed E-state index contributed by atoms with van der Waals surface area (Å²) in [5, 5.41) is 8.80. The molecule has 5 nitrogen and oxygen atoms in total. The summed E-state index contributed by atoms with van der Waals surface area (Å²) >= 11 is 0. The van der Waals surface area contributed by atoms with Gasteiger partial charge in [-0.05, 0) is 24.3 Å². The van der Waals surface area contributed by atoms with Crippen molar-refractivity contribution in [1.29, 1.82) is 0 Å². The molecule has 3 N–H and O–H groups in total. The molecular weight excluding hydrogens is 218 g/mol. The number of hydrogen-bond donors (Lipinski definition) is 2. The first-order chi connectivity index (χ1) is 8.18. The van der Waals surface area contributed by atoms with Crippen LogP contribution in [0.3, 0.4) is 0 Å². The Kier molecular flexibility index (Phi) is 3.20. The lowest BCUT2D eigenvalue weighted by Crippen LogP contribution is -2.32. The quantitative estimate of drug-likeness (QED) is 0.816. The van der Waals surface area contributed by atoms with E-state index in [0.29, 0.717) is 6.42 Å². The van der Waals surface area contributed by atoms with Crippen molar-refractivity contribution in [3.8, 4) is 5.69 Å². The highest BCUT2D eigenvalue weighted by Crippen LogP contribution is 2.12. The molecule has 0 fully saturated rings. The summed E-state index contributed by atoms with van der Waals surface area (Å²) in [5.74, 6) is -0.993. The average Bonchev–Trinajstić information content (AvgIpc) is 2.78. The molecular formula is C12H13N3O2. The molecule has 2 aromatic heterocycles. The molecule has 2 aromatic rings. The third kappa shape index (κ3) is 2.51. The Bertz CT molecular complexity index is 507. The Hall–Kier alpha value is -2.14. The summed E-state index contributed by atoms with van der Waals surface area (Å²) in [5.41, 5.74) is 7.34. The maximum Gasteiger partial charge on any atom is 0.320 e. The zero-order chi connectivity index (χ0) is 12.3. The van der Waals surface area contributed by atoms with Gasteiger partial charge in [-0.2, -0.15) is 0 Å². The number of carbonyl (C=O) groups is 1. The Labute approximate surface area is 98.5 Å². The van der Waals surface area contributed by atoms with E-state index in [4.69, 9.17) is 10.8 Å². The second-order valence-corrected chi connectivity index (χ2v) is 3.72. The van der Waals surface area contributed by atoms with E-state index >= 15 is 0 Å². The zero-order valence-corrected chi connectivity index (χ0v) is 9.15. The highest BCUT2D eigenvalue weighted by molar-refractivity contribution is 5.73. The Morgan fingerprint density at radius 2 is 2.12 bits per heavy atom. The lowest BCUT2D eigenvalue weighted by atomic mass is 10.1. The number of rotatable bonds is 4. The van der Waals surface area contributed by atoms with Crippen LogP contribution in [0.1, 0.15) is 5.69 Å². The first-order valence-electron chi connectivity index (χ1n) is 5.23. The van der Waals surface area contributed by atoms with Crippen LogP contribution in [-0.4, -0.2) is 26.7 Å². The van der Waals surface area contributed by atoms with E-state index in [-0.39, 0.29) is 0 Å². The Morgan fingerprint density at radius 3 is 2.76 bits per heavy atom. The molecule has 0 aliphatic rings. The van der Waals surface area contributed by atoms with Crippen LogP contribution in [0.4, 0.5) is 0 Å². The molecule has 2 heterocycles. The van der Waals surface area contributed by atoms with Crippen molar-refractivity contribution in [2.75, 3.05) is 0 Å². The van der Waals surface area contributed by atoms with Crippen LogP contribution in [0.15, 0.2) is 42.9 Å². The van der Waals surface area contributed by atoms with E-state index in [1.165, 1.54) is 0 Å². The van der Waals surface area contributed by atoms with Gasteiger partial charge in [0, 0.05) is 36.4 Å². The van der Waals surface area contributed by atoms with E-state index in [9.17, 15) is 4.79 Å². The molecule has 5 heteroatoms. The van der Waals surface area contributed by atoms with Gasteiger partial charge in [0.05, 0.1) is 0 Å². The minimum absolute atomic E-state index is 0.296. The molecule has 1 atom stereocenters. The fourth-order valence-electron chi connectivity index (χ4n) is 1.65. The van der Waals surface area contributed by atoms with Crippen molar-refractivity contribution in [2.45, 2.75) is 12.5 Å². The summed E-state index contributed by atoms with van der Waals surface area (Å²) in [6.07, 6.45) is 5.55. The number of aromatic nitrogens is 2. The van der Waals surface area contributed by atoms with Crippen molar-refractivity contribution >= 4 is 5.97 Å². The molecule has 0 aliphatic heterocycles. The van der Waals surface area contributed by atoms with Crippen LogP contribution in [0.5, 0.6) is 0 Å². The predicted molar refractivity (Wildman–Crippen MR) is 62.9 cm³/mol. The molecule has 88 valence electrons. The maximum atomic E-state index is 10.7. The number of hydrogen-bond acceptors (Lipinski definition) is 3. The van der Waals surface area contributed by atoms with Gasteiger partial charge in [-0.3, -0.25) is 9.78 Å². The summed E-state index contributed by atoms with van der Waals surface area (Å²) in [6.45, 7) is 0. The second kappa shape index (κ2) is 4.80. The summed E-state index contributed by atoms with van der Waals surface area (Å²) < 4.78 is 1.91. The number of carboxylic acid groups (broad SMARTS) is 1. The van der Waals surface area contributed by atoms with Gasteiger partial charge in [-0.25, -0.2) is 0 Å². The second-order valence-electron chi connectivity index (χ2n) is 3.72. The smallest absolute Gasteiger partial charge is 0.320 e. The van der Waals surface area contributed by atoms with E-state index in [0.717, 1.165) is 11.4 Å². The van der Waals surface area contributed by atoms with Crippen LogP contribution in [-0.2, 0) is 11.2 Å². The molecule has 0 spiro atoms. The van der Waals surface area contributed by atoms with E-state index in [2.05, 4.69) is 4.98 Å². The van der Waals surface area contributed by atoms with Gasteiger partial charge in [0.15, 0.2) is 0 Å². The summed E-state index contributed by atoms with van der Waals surface area (Å²) in [4.78, 5) is 14.7. The molecule has 1 unspecified atom stereocenters. The molecule has 0 saturated carbocycles. The van der Waals surface area contributed by atoms with Crippen LogP contribution < -0.4 is 5.73 Å². The van der Waals surface area contributed by atoms with Gasteiger partial charge in [-0.15, -0.1) is 0 Å².